The molecule has 172 valence electrons. The number of aryl methyl sites for hydroxylation is 1. The topological polar surface area (TPSA) is 90.6 Å². The number of allylic oxidation sites excluding steroid dienone is 1. The zero-order chi connectivity index (χ0) is 23.7. The Hall–Kier alpha value is -4.27. The lowest BCUT2D eigenvalue weighted by molar-refractivity contribution is 0.392. The number of aliphatic imine (C=N–C) groups is 1. The molecule has 0 aliphatic carbocycles. The molecule has 4 aromatic rings. The van der Waals surface area contributed by atoms with Crippen LogP contribution in [0.25, 0.3) is 22.4 Å². The minimum atomic E-state index is 0.558. The molecule has 0 saturated carbocycles. The van der Waals surface area contributed by atoms with Crippen molar-refractivity contribution < 1.29 is 9.47 Å². The first-order valence-electron chi connectivity index (χ1n) is 10.9. The molecule has 34 heavy (non-hydrogen) atoms. The van der Waals surface area contributed by atoms with Crippen LogP contribution in [0, 0.1) is 6.92 Å². The summed E-state index contributed by atoms with van der Waals surface area (Å²) in [5.74, 6) is 2.18. The third-order valence-corrected chi connectivity index (χ3v) is 5.78. The van der Waals surface area contributed by atoms with Gasteiger partial charge in [0.05, 0.1) is 44.5 Å². The lowest BCUT2D eigenvalue weighted by atomic mass is 10.1. The normalized spacial score (nSPS) is 12.8. The molecule has 1 aliphatic heterocycles. The number of fused-ring (bicyclic) bond motifs is 1. The van der Waals surface area contributed by atoms with Crippen LogP contribution < -0.4 is 14.4 Å². The molecule has 0 radical (unpaired) electrons. The maximum Gasteiger partial charge on any atom is 0.180 e. The first kappa shape index (κ1) is 21.6. The van der Waals surface area contributed by atoms with Crippen molar-refractivity contribution in [2.75, 3.05) is 25.7 Å². The van der Waals surface area contributed by atoms with E-state index in [4.69, 9.17) is 19.4 Å². The summed E-state index contributed by atoms with van der Waals surface area (Å²) in [5.41, 5.74) is 5.83. The van der Waals surface area contributed by atoms with Gasteiger partial charge in [-0.25, -0.2) is 9.97 Å². The van der Waals surface area contributed by atoms with Crippen molar-refractivity contribution in [3.63, 3.8) is 0 Å². The summed E-state index contributed by atoms with van der Waals surface area (Å²) in [5, 5.41) is 4.24. The molecule has 9 heteroatoms. The number of methoxy groups -OCH3 is 2. The van der Waals surface area contributed by atoms with Gasteiger partial charge >= 0.3 is 0 Å². The van der Waals surface area contributed by atoms with Crippen LogP contribution in [0.2, 0.25) is 0 Å². The monoisotopic (exact) mass is 455 g/mol. The Morgan fingerprint density at radius 1 is 1.09 bits per heavy atom. The number of hydrogen-bond donors (Lipinski definition) is 0. The number of anilines is 2. The van der Waals surface area contributed by atoms with E-state index in [2.05, 4.69) is 20.0 Å². The van der Waals surface area contributed by atoms with E-state index in [1.54, 1.807) is 31.3 Å². The van der Waals surface area contributed by atoms with Gasteiger partial charge in [0.25, 0.3) is 0 Å². The highest BCUT2D eigenvalue weighted by molar-refractivity contribution is 5.94. The molecule has 0 fully saturated rings. The molecule has 3 aromatic heterocycles. The second-order valence-electron chi connectivity index (χ2n) is 8.01. The van der Waals surface area contributed by atoms with Crippen LogP contribution in [0.4, 0.5) is 11.5 Å². The molecule has 0 saturated heterocycles. The zero-order valence-corrected chi connectivity index (χ0v) is 19.6. The molecule has 0 N–H and O–H groups in total. The van der Waals surface area contributed by atoms with Crippen LogP contribution in [0.3, 0.4) is 0 Å². The Morgan fingerprint density at radius 2 is 1.97 bits per heavy atom. The zero-order valence-electron chi connectivity index (χ0n) is 19.6. The number of aromatic nitrogens is 5. The predicted octanol–water partition coefficient (Wildman–Crippen LogP) is 4.25. The van der Waals surface area contributed by atoms with E-state index in [-0.39, 0.29) is 0 Å². The van der Waals surface area contributed by atoms with Gasteiger partial charge in [-0.2, -0.15) is 5.10 Å². The van der Waals surface area contributed by atoms with Gasteiger partial charge < -0.3 is 14.4 Å². The van der Waals surface area contributed by atoms with E-state index in [0.717, 1.165) is 51.7 Å². The lowest BCUT2D eigenvalue weighted by Gasteiger charge is -2.27. The highest BCUT2D eigenvalue weighted by Crippen LogP contribution is 2.37. The number of hydrogen-bond acceptors (Lipinski definition) is 8. The van der Waals surface area contributed by atoms with Crippen LogP contribution >= 0.6 is 0 Å². The number of rotatable bonds is 7. The van der Waals surface area contributed by atoms with Crippen molar-refractivity contribution in [1.29, 1.82) is 0 Å². The van der Waals surface area contributed by atoms with Crippen molar-refractivity contribution >= 4 is 28.4 Å². The van der Waals surface area contributed by atoms with Crippen molar-refractivity contribution in [3.8, 4) is 22.8 Å². The molecule has 0 amide bonds. The lowest BCUT2D eigenvalue weighted by Crippen LogP contribution is -2.26. The summed E-state index contributed by atoms with van der Waals surface area (Å²) in [7, 11) is 5.18. The molecule has 1 aliphatic rings. The largest absolute Gasteiger partial charge is 0.497 e. The van der Waals surface area contributed by atoms with Gasteiger partial charge in [-0.1, -0.05) is 6.08 Å². The van der Waals surface area contributed by atoms with Crippen LogP contribution in [0.5, 0.6) is 11.5 Å². The number of pyridine rings is 1. The smallest absolute Gasteiger partial charge is 0.180 e. The minimum absolute atomic E-state index is 0.558. The molecule has 0 bridgehead atoms. The SMILES string of the molecule is COc1cc(OC)c(C)c(N(CC2=NC=CC2)c2ccc3ncc(-c4cnn(C)c4)nc3n2)c1. The third-order valence-electron chi connectivity index (χ3n) is 5.78. The Morgan fingerprint density at radius 3 is 2.68 bits per heavy atom. The van der Waals surface area contributed by atoms with Crippen molar-refractivity contribution in [2.45, 2.75) is 13.3 Å². The van der Waals surface area contributed by atoms with Crippen LogP contribution in [-0.2, 0) is 7.05 Å². The minimum Gasteiger partial charge on any atom is -0.497 e. The van der Waals surface area contributed by atoms with Crippen LogP contribution in [0.15, 0.2) is 60.1 Å². The number of benzene rings is 1. The van der Waals surface area contributed by atoms with Gasteiger partial charge in [0.2, 0.25) is 0 Å². The summed E-state index contributed by atoms with van der Waals surface area (Å²) in [4.78, 5) is 20.9. The Labute approximate surface area is 197 Å². The van der Waals surface area contributed by atoms with Crippen molar-refractivity contribution in [2.24, 2.45) is 12.0 Å². The van der Waals surface area contributed by atoms with Crippen molar-refractivity contribution in [1.82, 2.24) is 24.7 Å². The predicted molar refractivity (Wildman–Crippen MR) is 132 cm³/mol. The quantitative estimate of drug-likeness (QED) is 0.411. The molecule has 4 heterocycles. The highest BCUT2D eigenvalue weighted by atomic mass is 16.5. The second kappa shape index (κ2) is 8.93. The van der Waals surface area contributed by atoms with E-state index >= 15 is 0 Å². The van der Waals surface area contributed by atoms with E-state index in [0.29, 0.717) is 17.9 Å². The fourth-order valence-corrected chi connectivity index (χ4v) is 3.97. The van der Waals surface area contributed by atoms with Gasteiger partial charge in [-0.3, -0.25) is 14.7 Å². The van der Waals surface area contributed by atoms with E-state index < -0.39 is 0 Å². The highest BCUT2D eigenvalue weighted by Gasteiger charge is 2.21. The van der Waals surface area contributed by atoms with Gasteiger partial charge in [0.15, 0.2) is 5.65 Å². The molecule has 0 unspecified atom stereocenters. The fraction of sp³-hybridized carbons (Fsp3) is 0.240. The summed E-state index contributed by atoms with van der Waals surface area (Å²) in [6.07, 6.45) is 10.1. The Kier molecular flexibility index (Phi) is 5.67. The van der Waals surface area contributed by atoms with Gasteiger partial charge in [0, 0.05) is 54.8 Å². The summed E-state index contributed by atoms with van der Waals surface area (Å²) >= 11 is 0. The summed E-state index contributed by atoms with van der Waals surface area (Å²) < 4.78 is 12.9. The molecule has 0 atom stereocenters. The maximum absolute atomic E-state index is 5.62. The Bertz CT molecular complexity index is 1420. The summed E-state index contributed by atoms with van der Waals surface area (Å²) in [6, 6.07) is 7.76. The first-order valence-corrected chi connectivity index (χ1v) is 10.9. The molecule has 1 aromatic carbocycles. The first-order chi connectivity index (χ1) is 16.6. The Balaban J connectivity index is 1.63. The van der Waals surface area contributed by atoms with E-state index in [9.17, 15) is 0 Å². The van der Waals surface area contributed by atoms with Crippen LogP contribution in [-0.4, -0.2) is 51.2 Å². The van der Waals surface area contributed by atoms with Crippen LogP contribution in [0.1, 0.15) is 12.0 Å². The standard InChI is InChI=1S/C25H25N7O2/c1-16-22(10-19(33-3)11-23(16)34-4)32(15-18-6-5-9-26-18)24-8-7-20-25(30-24)29-21(13-27-20)17-12-28-31(2)14-17/h5,7-14H,6,15H2,1-4H3. The molecule has 9 nitrogen and oxygen atoms in total. The average Bonchev–Trinajstić information content (AvgIpc) is 3.54. The summed E-state index contributed by atoms with van der Waals surface area (Å²) in [6.45, 7) is 2.59. The van der Waals surface area contributed by atoms with Crippen molar-refractivity contribution in [3.05, 3.63) is 60.7 Å². The molecule has 0 spiro atoms. The fourth-order valence-electron chi connectivity index (χ4n) is 3.97. The average molecular weight is 456 g/mol. The number of ether oxygens (including phenoxy) is 2. The van der Waals surface area contributed by atoms with Gasteiger partial charge in [-0.05, 0) is 19.1 Å². The number of nitrogens with zero attached hydrogens (tertiary/aromatic N) is 7. The van der Waals surface area contributed by atoms with E-state index in [1.165, 1.54) is 0 Å². The molecule has 5 rings (SSSR count). The van der Waals surface area contributed by atoms with Gasteiger partial charge in [0.1, 0.15) is 22.8 Å². The van der Waals surface area contributed by atoms with Gasteiger partial charge in [-0.15, -0.1) is 0 Å². The maximum atomic E-state index is 5.62. The third kappa shape index (κ3) is 4.07. The molecular weight excluding hydrogens is 430 g/mol. The molecular formula is C25H25N7O2. The van der Waals surface area contributed by atoms with E-state index in [1.807, 2.05) is 56.7 Å². The second-order valence-corrected chi connectivity index (χ2v) is 8.01.